The Labute approximate surface area is 217 Å². The van der Waals surface area contributed by atoms with Crippen LogP contribution in [-0.2, 0) is 11.8 Å². The number of aromatic nitrogens is 2. The van der Waals surface area contributed by atoms with Crippen molar-refractivity contribution in [2.24, 2.45) is 7.05 Å². The summed E-state index contributed by atoms with van der Waals surface area (Å²) in [6, 6.07) is 23.4. The zero-order valence-electron chi connectivity index (χ0n) is 21.4. The first-order chi connectivity index (χ1) is 17.9. The van der Waals surface area contributed by atoms with E-state index in [0.29, 0.717) is 11.4 Å². The van der Waals surface area contributed by atoms with Crippen molar-refractivity contribution in [3.63, 3.8) is 0 Å². The van der Waals surface area contributed by atoms with E-state index in [0.717, 1.165) is 60.1 Å². The van der Waals surface area contributed by atoms with E-state index in [1.165, 1.54) is 0 Å². The molecule has 0 aliphatic carbocycles. The number of pyridine rings is 1. The maximum Gasteiger partial charge on any atom is 0.298 e. The number of carbonyl (C=O) groups is 2. The Morgan fingerprint density at radius 1 is 0.838 bits per heavy atom. The Hall–Kier alpha value is -4.39. The average Bonchev–Trinajstić information content (AvgIpc) is 3.23. The van der Waals surface area contributed by atoms with Gasteiger partial charge in [-0.2, -0.15) is 0 Å². The minimum atomic E-state index is -0.648. The first-order valence-corrected chi connectivity index (χ1v) is 12.5. The first kappa shape index (κ1) is 24.3. The van der Waals surface area contributed by atoms with Crippen LogP contribution in [0.5, 0.6) is 0 Å². The summed E-state index contributed by atoms with van der Waals surface area (Å²) in [5.74, 6) is -0.193. The molecule has 1 aliphatic heterocycles. The monoisotopic (exact) mass is 493 g/mol. The summed E-state index contributed by atoms with van der Waals surface area (Å²) in [4.78, 5) is 35.3. The smallest absolute Gasteiger partial charge is 0.298 e. The third-order valence-corrected chi connectivity index (χ3v) is 6.97. The van der Waals surface area contributed by atoms with E-state index in [-0.39, 0.29) is 0 Å². The lowest BCUT2D eigenvalue weighted by molar-refractivity contribution is -0.112. The van der Waals surface area contributed by atoms with Crippen molar-refractivity contribution in [2.45, 2.75) is 13.8 Å². The molecule has 1 N–H and O–H groups in total. The van der Waals surface area contributed by atoms with Gasteiger partial charge in [0.05, 0.1) is 0 Å². The van der Waals surface area contributed by atoms with Crippen molar-refractivity contribution in [1.82, 2.24) is 9.55 Å². The molecule has 0 unspecified atom stereocenters. The fourth-order valence-electron chi connectivity index (χ4n) is 4.74. The normalized spacial score (nSPS) is 13.5. The second kappa shape index (κ2) is 10.3. The number of piperazine rings is 1. The van der Waals surface area contributed by atoms with E-state index in [2.05, 4.69) is 32.2 Å². The third kappa shape index (κ3) is 5.11. The van der Waals surface area contributed by atoms with E-state index in [1.54, 1.807) is 4.57 Å². The molecule has 7 heteroatoms. The van der Waals surface area contributed by atoms with E-state index < -0.39 is 11.7 Å². The number of hydrogen-bond donors (Lipinski definition) is 1. The van der Waals surface area contributed by atoms with Gasteiger partial charge < -0.3 is 19.7 Å². The first-order valence-electron chi connectivity index (χ1n) is 12.5. The van der Waals surface area contributed by atoms with E-state index >= 15 is 0 Å². The second-order valence-electron chi connectivity index (χ2n) is 9.47. The summed E-state index contributed by atoms with van der Waals surface area (Å²) in [7, 11) is 1.81. The van der Waals surface area contributed by atoms with Gasteiger partial charge in [0.1, 0.15) is 11.5 Å². The molecular weight excluding hydrogens is 462 g/mol. The molecule has 2 aromatic carbocycles. The maximum absolute atomic E-state index is 13.2. The lowest BCUT2D eigenvalue weighted by Gasteiger charge is -2.36. The summed E-state index contributed by atoms with van der Waals surface area (Å²) in [6.07, 6.45) is 1.90. The van der Waals surface area contributed by atoms with Crippen molar-refractivity contribution in [1.29, 1.82) is 0 Å². The maximum atomic E-state index is 13.2. The standard InChI is InChI=1S/C30H31N5O2/c1-21-9-14-27(31-20-21)35-17-15-34(16-18-35)25-12-10-24(11-13-25)32-30(37)29(36)28-26(19-22(2)33(28)3)23-7-5-4-6-8-23/h4-14,19-20H,15-18H2,1-3H3,(H,32,37). The van der Waals surface area contributed by atoms with Crippen LogP contribution in [0, 0.1) is 13.8 Å². The lowest BCUT2D eigenvalue weighted by atomic mass is 10.0. The van der Waals surface area contributed by atoms with Crippen LogP contribution in [0.25, 0.3) is 11.1 Å². The Kier molecular flexibility index (Phi) is 6.77. The number of aryl methyl sites for hydroxylation is 2. The van der Waals surface area contributed by atoms with Gasteiger partial charge in [-0.1, -0.05) is 36.4 Å². The number of ketones is 1. The molecule has 2 aromatic heterocycles. The fourth-order valence-corrected chi connectivity index (χ4v) is 4.74. The number of nitrogens with zero attached hydrogens (tertiary/aromatic N) is 4. The molecule has 188 valence electrons. The third-order valence-electron chi connectivity index (χ3n) is 6.97. The minimum Gasteiger partial charge on any atom is -0.368 e. The Morgan fingerprint density at radius 2 is 1.51 bits per heavy atom. The van der Waals surface area contributed by atoms with Crippen LogP contribution in [0.15, 0.2) is 79.0 Å². The molecule has 5 rings (SSSR count). The quantitative estimate of drug-likeness (QED) is 0.307. The molecule has 0 spiro atoms. The largest absolute Gasteiger partial charge is 0.368 e. The molecular formula is C30H31N5O2. The number of carbonyl (C=O) groups excluding carboxylic acids is 2. The van der Waals surface area contributed by atoms with Crippen molar-refractivity contribution in [2.75, 3.05) is 41.3 Å². The highest BCUT2D eigenvalue weighted by Crippen LogP contribution is 2.28. The molecule has 1 aliphatic rings. The minimum absolute atomic E-state index is 0.388. The Bertz CT molecular complexity index is 1400. The number of benzene rings is 2. The Balaban J connectivity index is 1.23. The van der Waals surface area contributed by atoms with Crippen molar-refractivity contribution >= 4 is 28.9 Å². The number of nitrogens with one attached hydrogen (secondary N) is 1. The van der Waals surface area contributed by atoms with Crippen LogP contribution in [0.3, 0.4) is 0 Å². The zero-order chi connectivity index (χ0) is 25.9. The van der Waals surface area contributed by atoms with Gasteiger partial charge in [0.25, 0.3) is 11.7 Å². The summed E-state index contributed by atoms with van der Waals surface area (Å²) < 4.78 is 1.78. The van der Waals surface area contributed by atoms with Crippen molar-refractivity contribution in [3.05, 3.63) is 95.9 Å². The molecule has 0 saturated carbocycles. The molecule has 0 bridgehead atoms. The highest BCUT2D eigenvalue weighted by atomic mass is 16.2. The summed E-state index contributed by atoms with van der Waals surface area (Å²) in [5.41, 5.74) is 5.81. The molecule has 37 heavy (non-hydrogen) atoms. The predicted molar refractivity (Wildman–Crippen MR) is 148 cm³/mol. The van der Waals surface area contributed by atoms with Crippen LogP contribution in [0.1, 0.15) is 21.7 Å². The van der Waals surface area contributed by atoms with Gasteiger partial charge in [0, 0.05) is 62.1 Å². The van der Waals surface area contributed by atoms with Crippen LogP contribution in [0.4, 0.5) is 17.2 Å². The van der Waals surface area contributed by atoms with Crippen LogP contribution >= 0.6 is 0 Å². The van der Waals surface area contributed by atoms with Gasteiger partial charge in [-0.05, 0) is 61.4 Å². The molecule has 7 nitrogen and oxygen atoms in total. The fraction of sp³-hybridized carbons (Fsp3) is 0.233. The number of Topliss-reactive ketones (excluding diaryl/α,β-unsaturated/α-hetero) is 1. The van der Waals surface area contributed by atoms with E-state index in [9.17, 15) is 9.59 Å². The molecule has 1 amide bonds. The summed E-state index contributed by atoms with van der Waals surface area (Å²) >= 11 is 0. The lowest BCUT2D eigenvalue weighted by Crippen LogP contribution is -2.46. The van der Waals surface area contributed by atoms with Crippen LogP contribution in [0.2, 0.25) is 0 Å². The number of anilines is 3. The highest BCUT2D eigenvalue weighted by molar-refractivity contribution is 6.47. The highest BCUT2D eigenvalue weighted by Gasteiger charge is 2.25. The topological polar surface area (TPSA) is 70.5 Å². The molecule has 1 saturated heterocycles. The van der Waals surface area contributed by atoms with Crippen molar-refractivity contribution < 1.29 is 9.59 Å². The van der Waals surface area contributed by atoms with Crippen molar-refractivity contribution in [3.8, 4) is 11.1 Å². The summed E-state index contributed by atoms with van der Waals surface area (Å²) in [5, 5.41) is 2.78. The number of rotatable bonds is 6. The van der Waals surface area contributed by atoms with E-state index in [1.807, 2.05) is 87.8 Å². The average molecular weight is 494 g/mol. The predicted octanol–water partition coefficient (Wildman–Crippen LogP) is 4.85. The van der Waals surface area contributed by atoms with Gasteiger partial charge in [-0.3, -0.25) is 9.59 Å². The molecule has 4 aromatic rings. The van der Waals surface area contributed by atoms with Gasteiger partial charge in [-0.25, -0.2) is 4.98 Å². The SMILES string of the molecule is Cc1ccc(N2CCN(c3ccc(NC(=O)C(=O)c4c(-c5ccccc5)cc(C)n4C)cc3)CC2)nc1. The van der Waals surface area contributed by atoms with Gasteiger partial charge in [-0.15, -0.1) is 0 Å². The molecule has 1 fully saturated rings. The van der Waals surface area contributed by atoms with Crippen LogP contribution < -0.4 is 15.1 Å². The van der Waals surface area contributed by atoms with Gasteiger partial charge in [0.2, 0.25) is 0 Å². The number of amides is 1. The second-order valence-corrected chi connectivity index (χ2v) is 9.47. The number of hydrogen-bond acceptors (Lipinski definition) is 5. The summed E-state index contributed by atoms with van der Waals surface area (Å²) in [6.45, 7) is 7.52. The molecule has 0 atom stereocenters. The van der Waals surface area contributed by atoms with E-state index in [4.69, 9.17) is 0 Å². The van der Waals surface area contributed by atoms with Gasteiger partial charge >= 0.3 is 0 Å². The van der Waals surface area contributed by atoms with Crippen LogP contribution in [-0.4, -0.2) is 47.4 Å². The van der Waals surface area contributed by atoms with Gasteiger partial charge in [0.15, 0.2) is 0 Å². The Morgan fingerprint density at radius 3 is 2.16 bits per heavy atom. The molecule has 3 heterocycles. The zero-order valence-corrected chi connectivity index (χ0v) is 21.4. The molecule has 0 radical (unpaired) electrons.